The molecule has 0 aliphatic carbocycles. The van der Waals surface area contributed by atoms with Crippen LogP contribution >= 0.6 is 0 Å². The Kier molecular flexibility index (Phi) is 4.07. The molecule has 1 aromatic heterocycles. The van der Waals surface area contributed by atoms with E-state index in [0.29, 0.717) is 5.92 Å². The summed E-state index contributed by atoms with van der Waals surface area (Å²) in [6.07, 6.45) is 5.05. The molecule has 104 valence electrons. The molecule has 2 aromatic rings. The van der Waals surface area contributed by atoms with Crippen molar-refractivity contribution < 1.29 is 4.39 Å². The Balaban J connectivity index is 1.75. The molecule has 2 nitrogen and oxygen atoms in total. The minimum atomic E-state index is -0.182. The monoisotopic (exact) mass is 270 g/mol. The maximum Gasteiger partial charge on any atom is 0.123 e. The summed E-state index contributed by atoms with van der Waals surface area (Å²) >= 11 is 0. The Morgan fingerprint density at radius 3 is 2.55 bits per heavy atom. The number of nitrogens with zero attached hydrogens (tertiary/aromatic N) is 1. The van der Waals surface area contributed by atoms with Gasteiger partial charge in [-0.2, -0.15) is 0 Å². The summed E-state index contributed by atoms with van der Waals surface area (Å²) in [6.45, 7) is 2.16. The Morgan fingerprint density at radius 2 is 1.80 bits per heavy atom. The molecular formula is C17H19FN2. The fourth-order valence-corrected chi connectivity index (χ4v) is 2.78. The van der Waals surface area contributed by atoms with Gasteiger partial charge in [0.25, 0.3) is 0 Å². The van der Waals surface area contributed by atoms with Crippen molar-refractivity contribution in [2.24, 2.45) is 0 Å². The van der Waals surface area contributed by atoms with Crippen LogP contribution in [0.2, 0.25) is 0 Å². The Labute approximate surface area is 119 Å². The summed E-state index contributed by atoms with van der Waals surface area (Å²) in [5.41, 5.74) is 3.58. The van der Waals surface area contributed by atoms with E-state index in [1.807, 2.05) is 24.4 Å². The van der Waals surface area contributed by atoms with Crippen molar-refractivity contribution >= 4 is 0 Å². The number of nitrogens with one attached hydrogen (secondary N) is 1. The van der Waals surface area contributed by atoms with Crippen LogP contribution in [0.5, 0.6) is 0 Å². The number of pyridine rings is 1. The van der Waals surface area contributed by atoms with Gasteiger partial charge >= 0.3 is 0 Å². The lowest BCUT2D eigenvalue weighted by molar-refractivity contribution is 0.453. The normalized spacial score (nSPS) is 16.2. The molecule has 0 amide bonds. The minimum Gasteiger partial charge on any atom is -0.317 e. The van der Waals surface area contributed by atoms with Gasteiger partial charge in [-0.15, -0.1) is 0 Å². The number of piperidine rings is 1. The van der Waals surface area contributed by atoms with Gasteiger partial charge < -0.3 is 5.32 Å². The zero-order valence-corrected chi connectivity index (χ0v) is 11.5. The van der Waals surface area contributed by atoms with Gasteiger partial charge in [0.15, 0.2) is 0 Å². The maximum atomic E-state index is 12.9. The smallest absolute Gasteiger partial charge is 0.123 e. The quantitative estimate of drug-likeness (QED) is 0.926. The number of halogens is 1. The Bertz CT molecular complexity index is 559. The van der Waals surface area contributed by atoms with E-state index in [4.69, 9.17) is 0 Å². The molecule has 1 aliphatic rings. The molecule has 20 heavy (non-hydrogen) atoms. The van der Waals surface area contributed by atoms with Crippen LogP contribution in [0.25, 0.3) is 0 Å². The molecular weight excluding hydrogens is 251 g/mol. The second-order valence-electron chi connectivity index (χ2n) is 5.42. The van der Waals surface area contributed by atoms with Crippen LogP contribution in [-0.2, 0) is 6.42 Å². The van der Waals surface area contributed by atoms with Crippen LogP contribution in [0.15, 0.2) is 42.6 Å². The molecule has 1 N–H and O–H groups in total. The van der Waals surface area contributed by atoms with E-state index < -0.39 is 0 Å². The Hall–Kier alpha value is -1.74. The van der Waals surface area contributed by atoms with Crippen LogP contribution in [0, 0.1) is 5.82 Å². The molecule has 0 bridgehead atoms. The van der Waals surface area contributed by atoms with Gasteiger partial charge in [0, 0.05) is 17.8 Å². The highest BCUT2D eigenvalue weighted by molar-refractivity contribution is 5.27. The molecule has 1 fully saturated rings. The topological polar surface area (TPSA) is 24.9 Å². The van der Waals surface area contributed by atoms with E-state index in [9.17, 15) is 4.39 Å². The Morgan fingerprint density at radius 1 is 1.05 bits per heavy atom. The largest absolute Gasteiger partial charge is 0.317 e. The van der Waals surface area contributed by atoms with Crippen LogP contribution in [-0.4, -0.2) is 18.1 Å². The number of hydrogen-bond acceptors (Lipinski definition) is 2. The van der Waals surface area contributed by atoms with Gasteiger partial charge in [0.05, 0.1) is 0 Å². The average molecular weight is 270 g/mol. The first kappa shape index (κ1) is 13.3. The van der Waals surface area contributed by atoms with Crippen LogP contribution in [0.4, 0.5) is 4.39 Å². The average Bonchev–Trinajstić information content (AvgIpc) is 2.51. The summed E-state index contributed by atoms with van der Waals surface area (Å²) in [7, 11) is 0. The predicted molar refractivity (Wildman–Crippen MR) is 78.3 cm³/mol. The molecule has 2 heterocycles. The van der Waals surface area contributed by atoms with Crippen LogP contribution in [0.3, 0.4) is 0 Å². The maximum absolute atomic E-state index is 12.9. The lowest BCUT2D eigenvalue weighted by Crippen LogP contribution is -2.27. The molecule has 1 aliphatic heterocycles. The molecule has 0 saturated carbocycles. The third kappa shape index (κ3) is 3.23. The molecule has 1 aromatic carbocycles. The predicted octanol–water partition coefficient (Wildman–Crippen LogP) is 3.28. The highest BCUT2D eigenvalue weighted by atomic mass is 19.1. The highest BCUT2D eigenvalue weighted by Crippen LogP contribution is 2.24. The standard InChI is InChI=1S/C17H19FN2/c18-16-3-1-13(2-4-16)11-14-5-10-20-17(12-14)15-6-8-19-9-7-15/h1-5,10,12,15,19H,6-9,11H2. The van der Waals surface area contributed by atoms with Gasteiger partial charge in [-0.1, -0.05) is 12.1 Å². The number of hydrogen-bond donors (Lipinski definition) is 1. The van der Waals surface area contributed by atoms with Gasteiger partial charge in [0.1, 0.15) is 5.82 Å². The molecule has 0 unspecified atom stereocenters. The summed E-state index contributed by atoms with van der Waals surface area (Å²) in [4.78, 5) is 4.53. The minimum absolute atomic E-state index is 0.182. The van der Waals surface area contributed by atoms with E-state index in [-0.39, 0.29) is 5.82 Å². The second-order valence-corrected chi connectivity index (χ2v) is 5.42. The summed E-state index contributed by atoms with van der Waals surface area (Å²) < 4.78 is 12.9. The molecule has 1 saturated heterocycles. The lowest BCUT2D eigenvalue weighted by atomic mass is 9.92. The number of rotatable bonds is 3. The third-order valence-corrected chi connectivity index (χ3v) is 3.92. The fourth-order valence-electron chi connectivity index (χ4n) is 2.78. The van der Waals surface area contributed by atoms with Gasteiger partial charge in [0.2, 0.25) is 0 Å². The van der Waals surface area contributed by atoms with E-state index in [1.54, 1.807) is 0 Å². The van der Waals surface area contributed by atoms with Crippen LogP contribution in [0.1, 0.15) is 35.6 Å². The molecule has 3 heteroatoms. The summed E-state index contributed by atoms with van der Waals surface area (Å²) in [5, 5.41) is 3.38. The van der Waals surface area contributed by atoms with E-state index in [1.165, 1.54) is 23.4 Å². The van der Waals surface area contributed by atoms with Crippen molar-refractivity contribution in [3.05, 3.63) is 65.2 Å². The van der Waals surface area contributed by atoms with Crippen molar-refractivity contribution in [1.29, 1.82) is 0 Å². The molecule has 0 spiro atoms. The lowest BCUT2D eigenvalue weighted by Gasteiger charge is -2.22. The van der Waals surface area contributed by atoms with E-state index in [2.05, 4.69) is 16.4 Å². The van der Waals surface area contributed by atoms with Crippen molar-refractivity contribution in [3.8, 4) is 0 Å². The first-order chi connectivity index (χ1) is 9.81. The first-order valence-corrected chi connectivity index (χ1v) is 7.21. The fraction of sp³-hybridized carbons (Fsp3) is 0.353. The van der Waals surface area contributed by atoms with Gasteiger partial charge in [-0.3, -0.25) is 4.98 Å². The van der Waals surface area contributed by atoms with Crippen molar-refractivity contribution in [2.45, 2.75) is 25.2 Å². The summed E-state index contributed by atoms with van der Waals surface area (Å²) in [5.74, 6) is 0.392. The highest BCUT2D eigenvalue weighted by Gasteiger charge is 2.16. The number of benzene rings is 1. The molecule has 0 radical (unpaired) electrons. The van der Waals surface area contributed by atoms with Crippen molar-refractivity contribution in [1.82, 2.24) is 10.3 Å². The van der Waals surface area contributed by atoms with Gasteiger partial charge in [-0.25, -0.2) is 4.39 Å². The second kappa shape index (κ2) is 6.14. The zero-order valence-electron chi connectivity index (χ0n) is 11.5. The van der Waals surface area contributed by atoms with E-state index >= 15 is 0 Å². The van der Waals surface area contributed by atoms with Gasteiger partial charge in [-0.05, 0) is 67.7 Å². The zero-order chi connectivity index (χ0) is 13.8. The summed E-state index contributed by atoms with van der Waals surface area (Å²) in [6, 6.07) is 11.0. The third-order valence-electron chi connectivity index (χ3n) is 3.92. The first-order valence-electron chi connectivity index (χ1n) is 7.21. The van der Waals surface area contributed by atoms with Crippen molar-refractivity contribution in [3.63, 3.8) is 0 Å². The van der Waals surface area contributed by atoms with Crippen molar-refractivity contribution in [2.75, 3.05) is 13.1 Å². The van der Waals surface area contributed by atoms with E-state index in [0.717, 1.165) is 37.9 Å². The molecule has 0 atom stereocenters. The molecule has 3 rings (SSSR count). The van der Waals surface area contributed by atoms with Crippen LogP contribution < -0.4 is 5.32 Å². The number of aromatic nitrogens is 1. The SMILES string of the molecule is Fc1ccc(Cc2ccnc(C3CCNCC3)c2)cc1.